The average molecular weight is 633 g/mol. The molecule has 2 rings (SSSR count). The molecule has 0 aliphatic heterocycles. The Bertz CT molecular complexity index is 875. The Morgan fingerprint density at radius 3 is 0.957 bits per heavy atom. The van der Waals surface area contributed by atoms with Crippen LogP contribution in [-0.2, 0) is 13.1 Å². The summed E-state index contributed by atoms with van der Waals surface area (Å²) in [5.74, 6) is 0. The van der Waals surface area contributed by atoms with Gasteiger partial charge in [-0.25, -0.2) is 0 Å². The second-order valence-corrected chi connectivity index (χ2v) is 14.7. The highest BCUT2D eigenvalue weighted by Gasteiger charge is 2.06. The maximum absolute atomic E-state index is 2.51. The monoisotopic (exact) mass is 633 g/mol. The molecule has 0 radical (unpaired) electrons. The molecule has 2 nitrogen and oxygen atoms in total. The summed E-state index contributed by atoms with van der Waals surface area (Å²) in [5, 5.41) is 0. The van der Waals surface area contributed by atoms with Crippen molar-refractivity contribution < 1.29 is 0 Å². The van der Waals surface area contributed by atoms with Gasteiger partial charge in [-0.1, -0.05) is 192 Å². The zero-order chi connectivity index (χ0) is 32.9. The summed E-state index contributed by atoms with van der Waals surface area (Å²) in [4.78, 5) is 5.02. The van der Waals surface area contributed by atoms with E-state index < -0.39 is 0 Å². The molecule has 0 saturated heterocycles. The molecule has 2 aromatic carbocycles. The van der Waals surface area contributed by atoms with Gasteiger partial charge in [0.1, 0.15) is 0 Å². The van der Waals surface area contributed by atoms with Crippen LogP contribution in [0.2, 0.25) is 0 Å². The van der Waals surface area contributed by atoms with Gasteiger partial charge in [0.15, 0.2) is 0 Å². The fraction of sp³-hybridized carbons (Fsp3) is 0.727. The first-order valence-electron chi connectivity index (χ1n) is 20.2. The van der Waals surface area contributed by atoms with E-state index in [1.807, 2.05) is 0 Å². The lowest BCUT2D eigenvalue weighted by Crippen LogP contribution is -2.19. The van der Waals surface area contributed by atoms with Crippen molar-refractivity contribution in [2.75, 3.05) is 27.2 Å². The molecule has 0 amide bonds. The number of hydrogen-bond donors (Lipinski definition) is 0. The Labute approximate surface area is 288 Å². The van der Waals surface area contributed by atoms with E-state index in [9.17, 15) is 0 Å². The van der Waals surface area contributed by atoms with Crippen LogP contribution in [0.5, 0.6) is 0 Å². The van der Waals surface area contributed by atoms with E-state index in [0.717, 1.165) is 13.1 Å². The van der Waals surface area contributed by atoms with Crippen LogP contribution in [-0.4, -0.2) is 37.0 Å². The molecular formula is C44H76N2. The zero-order valence-electron chi connectivity index (χ0n) is 31.3. The smallest absolute Gasteiger partial charge is 0.0230 e. The first kappa shape index (κ1) is 40.5. The first-order valence-corrected chi connectivity index (χ1v) is 20.2. The summed E-state index contributed by atoms with van der Waals surface area (Å²) in [6, 6.07) is 18.5. The van der Waals surface area contributed by atoms with Gasteiger partial charge in [0.05, 0.1) is 0 Å². The van der Waals surface area contributed by atoms with Crippen molar-refractivity contribution in [1.29, 1.82) is 0 Å². The Morgan fingerprint density at radius 1 is 0.370 bits per heavy atom. The average Bonchev–Trinajstić information content (AvgIpc) is 3.06. The van der Waals surface area contributed by atoms with Gasteiger partial charge in [-0.2, -0.15) is 0 Å². The molecule has 0 aliphatic carbocycles. The molecule has 0 aliphatic rings. The first-order chi connectivity index (χ1) is 22.6. The third-order valence-electron chi connectivity index (χ3n) is 9.88. The van der Waals surface area contributed by atoms with E-state index in [-0.39, 0.29) is 0 Å². The molecule has 0 unspecified atom stereocenters. The lowest BCUT2D eigenvalue weighted by molar-refractivity contribution is 0.316. The summed E-state index contributed by atoms with van der Waals surface area (Å²) in [5.41, 5.74) is 5.55. The van der Waals surface area contributed by atoms with Gasteiger partial charge in [-0.05, 0) is 74.4 Å². The van der Waals surface area contributed by atoms with Crippen LogP contribution in [0, 0.1) is 0 Å². The van der Waals surface area contributed by atoms with Crippen LogP contribution in [0.15, 0.2) is 48.5 Å². The predicted octanol–water partition coefficient (Wildman–Crippen LogP) is 13.6. The topological polar surface area (TPSA) is 6.48 Å². The molecule has 262 valence electrons. The third kappa shape index (κ3) is 21.3. The van der Waals surface area contributed by atoms with E-state index >= 15 is 0 Å². The molecule has 0 heterocycles. The van der Waals surface area contributed by atoms with Crippen LogP contribution < -0.4 is 0 Å². The number of rotatable bonds is 31. The molecule has 0 saturated carbocycles. The van der Waals surface area contributed by atoms with Gasteiger partial charge in [0.25, 0.3) is 0 Å². The fourth-order valence-corrected chi connectivity index (χ4v) is 6.93. The number of nitrogens with zero attached hydrogens (tertiary/aromatic N) is 2. The standard InChI is InChI=1S/C44H76N2/c1-5-7-9-11-13-15-17-19-21-23-25-27-35-45(3)39-41-31-29-33-43(37-41)44-34-30-32-42(38-44)40-46(4)36-28-26-24-22-20-18-16-14-12-10-8-6-2/h29-34,37-38H,5-28,35-36,39-40H2,1-4H3. The highest BCUT2D eigenvalue weighted by molar-refractivity contribution is 5.65. The Hall–Kier alpha value is -1.64. The van der Waals surface area contributed by atoms with Crippen molar-refractivity contribution >= 4 is 0 Å². The molecular weight excluding hydrogens is 556 g/mol. The fourth-order valence-electron chi connectivity index (χ4n) is 6.93. The van der Waals surface area contributed by atoms with E-state index in [0.29, 0.717) is 0 Å². The molecule has 0 fully saturated rings. The van der Waals surface area contributed by atoms with Gasteiger partial charge in [-0.15, -0.1) is 0 Å². The Balaban J connectivity index is 1.58. The number of unbranched alkanes of at least 4 members (excludes halogenated alkanes) is 22. The number of benzene rings is 2. The van der Waals surface area contributed by atoms with E-state index in [4.69, 9.17) is 0 Å². The molecule has 0 bridgehead atoms. The maximum atomic E-state index is 2.51. The normalized spacial score (nSPS) is 11.7. The minimum absolute atomic E-state index is 1.04. The Morgan fingerprint density at radius 2 is 0.652 bits per heavy atom. The second kappa shape index (κ2) is 28.4. The van der Waals surface area contributed by atoms with Crippen LogP contribution in [0.1, 0.15) is 179 Å². The predicted molar refractivity (Wildman–Crippen MR) is 207 cm³/mol. The van der Waals surface area contributed by atoms with Crippen LogP contribution in [0.4, 0.5) is 0 Å². The van der Waals surface area contributed by atoms with Gasteiger partial charge in [-0.3, -0.25) is 0 Å². The summed E-state index contributed by atoms with van der Waals surface area (Å²) in [6.45, 7) is 9.07. The van der Waals surface area contributed by atoms with Crippen LogP contribution >= 0.6 is 0 Å². The van der Waals surface area contributed by atoms with Crippen molar-refractivity contribution in [3.05, 3.63) is 59.7 Å². The quantitative estimate of drug-likeness (QED) is 0.0763. The highest BCUT2D eigenvalue weighted by Crippen LogP contribution is 2.23. The van der Waals surface area contributed by atoms with Crippen molar-refractivity contribution in [3.63, 3.8) is 0 Å². The maximum Gasteiger partial charge on any atom is 0.0230 e. The largest absolute Gasteiger partial charge is 0.302 e. The van der Waals surface area contributed by atoms with Crippen molar-refractivity contribution in [1.82, 2.24) is 9.80 Å². The van der Waals surface area contributed by atoms with E-state index in [2.05, 4.69) is 86.3 Å². The summed E-state index contributed by atoms with van der Waals surface area (Å²) < 4.78 is 0. The molecule has 2 heteroatoms. The van der Waals surface area contributed by atoms with Gasteiger partial charge in [0, 0.05) is 13.1 Å². The van der Waals surface area contributed by atoms with Gasteiger partial charge >= 0.3 is 0 Å². The van der Waals surface area contributed by atoms with E-state index in [1.54, 1.807) is 0 Å². The van der Waals surface area contributed by atoms with Gasteiger partial charge < -0.3 is 9.80 Å². The minimum Gasteiger partial charge on any atom is -0.302 e. The Kier molecular flexibility index (Phi) is 25.0. The lowest BCUT2D eigenvalue weighted by Gasteiger charge is -2.18. The van der Waals surface area contributed by atoms with Crippen LogP contribution in [0.3, 0.4) is 0 Å². The molecule has 0 aromatic heterocycles. The molecule has 0 N–H and O–H groups in total. The van der Waals surface area contributed by atoms with Crippen molar-refractivity contribution in [2.24, 2.45) is 0 Å². The van der Waals surface area contributed by atoms with Crippen LogP contribution in [0.25, 0.3) is 11.1 Å². The molecule has 0 spiro atoms. The highest BCUT2D eigenvalue weighted by atomic mass is 15.1. The zero-order valence-corrected chi connectivity index (χ0v) is 31.3. The molecule has 46 heavy (non-hydrogen) atoms. The third-order valence-corrected chi connectivity index (χ3v) is 9.88. The lowest BCUT2D eigenvalue weighted by atomic mass is 10.0. The van der Waals surface area contributed by atoms with Crippen molar-refractivity contribution in [3.8, 4) is 11.1 Å². The molecule has 0 atom stereocenters. The van der Waals surface area contributed by atoms with Gasteiger partial charge in [0.2, 0.25) is 0 Å². The summed E-state index contributed by atoms with van der Waals surface area (Å²) >= 11 is 0. The van der Waals surface area contributed by atoms with Crippen molar-refractivity contribution in [2.45, 2.75) is 181 Å². The number of hydrogen-bond acceptors (Lipinski definition) is 2. The summed E-state index contributed by atoms with van der Waals surface area (Å²) in [6.07, 6.45) is 34.0. The second-order valence-electron chi connectivity index (χ2n) is 14.7. The summed E-state index contributed by atoms with van der Waals surface area (Å²) in [7, 11) is 4.58. The van der Waals surface area contributed by atoms with E-state index in [1.165, 1.54) is 189 Å². The minimum atomic E-state index is 1.04. The molecule has 2 aromatic rings. The SMILES string of the molecule is CCCCCCCCCCCCCCN(C)Cc1cccc(-c2cccc(CN(C)CCCCCCCCCCCCCC)c2)c1.